The molecule has 0 aliphatic carbocycles. The molecule has 1 aromatic carbocycles. The van der Waals surface area contributed by atoms with Crippen molar-refractivity contribution in [1.29, 1.82) is 0 Å². The number of benzene rings is 1. The summed E-state index contributed by atoms with van der Waals surface area (Å²) in [7, 11) is 0. The van der Waals surface area contributed by atoms with Crippen LogP contribution < -0.4 is 10.1 Å². The Kier molecular flexibility index (Phi) is 3.20. The highest BCUT2D eigenvalue weighted by molar-refractivity contribution is 5.97. The molecule has 0 saturated heterocycles. The largest absolute Gasteiger partial charge is 0.434 e. The predicted molar refractivity (Wildman–Crippen MR) is 66.4 cm³/mol. The smallest absolute Gasteiger partial charge is 0.387 e. The number of anilines is 1. The molecule has 0 bridgehead atoms. The van der Waals surface area contributed by atoms with E-state index in [1.54, 1.807) is 0 Å². The van der Waals surface area contributed by atoms with Crippen LogP contribution >= 0.6 is 0 Å². The molecule has 8 heteroatoms. The molecule has 5 nitrogen and oxygen atoms in total. The number of carbonyl (C=O) groups excluding carboxylic acids is 1. The van der Waals surface area contributed by atoms with Crippen LogP contribution in [-0.2, 0) is 11.2 Å². The molecule has 2 aromatic rings. The first-order chi connectivity index (χ1) is 10.0. The SMILES string of the molecule is O=C1Cc2nc(-c3ccc(F)cc3OC(F)F)cnc2N1. The fourth-order valence-corrected chi connectivity index (χ4v) is 2.01. The number of nitrogens with zero attached hydrogens (tertiary/aromatic N) is 2. The Bertz CT molecular complexity index is 722. The zero-order valence-corrected chi connectivity index (χ0v) is 10.4. The maximum Gasteiger partial charge on any atom is 0.387 e. The Morgan fingerprint density at radius 3 is 2.90 bits per heavy atom. The van der Waals surface area contributed by atoms with Crippen LogP contribution in [0.4, 0.5) is 19.0 Å². The zero-order valence-electron chi connectivity index (χ0n) is 10.4. The normalized spacial score (nSPS) is 13.2. The van der Waals surface area contributed by atoms with Gasteiger partial charge in [0.2, 0.25) is 5.91 Å². The molecule has 0 radical (unpaired) electrons. The summed E-state index contributed by atoms with van der Waals surface area (Å²) in [6.45, 7) is -3.09. The minimum Gasteiger partial charge on any atom is -0.434 e. The predicted octanol–water partition coefficient (Wildman–Crippen LogP) is 2.38. The summed E-state index contributed by atoms with van der Waals surface area (Å²) in [4.78, 5) is 19.4. The van der Waals surface area contributed by atoms with Crippen LogP contribution in [0.15, 0.2) is 24.4 Å². The third-order valence-corrected chi connectivity index (χ3v) is 2.87. The maximum atomic E-state index is 13.2. The first-order valence-electron chi connectivity index (χ1n) is 5.93. The van der Waals surface area contributed by atoms with Crippen molar-refractivity contribution in [1.82, 2.24) is 9.97 Å². The highest BCUT2D eigenvalue weighted by atomic mass is 19.3. The van der Waals surface area contributed by atoms with Gasteiger partial charge in [0.1, 0.15) is 11.6 Å². The number of aromatic nitrogens is 2. The monoisotopic (exact) mass is 295 g/mol. The van der Waals surface area contributed by atoms with Gasteiger partial charge in [0, 0.05) is 11.6 Å². The molecule has 0 saturated carbocycles. The van der Waals surface area contributed by atoms with Crippen LogP contribution in [0.3, 0.4) is 0 Å². The molecule has 3 rings (SSSR count). The molecular weight excluding hydrogens is 287 g/mol. The van der Waals surface area contributed by atoms with Crippen molar-refractivity contribution < 1.29 is 22.7 Å². The molecule has 108 valence electrons. The summed E-state index contributed by atoms with van der Waals surface area (Å²) < 4.78 is 42.2. The molecule has 1 N–H and O–H groups in total. The van der Waals surface area contributed by atoms with E-state index in [2.05, 4.69) is 20.0 Å². The number of hydrogen-bond acceptors (Lipinski definition) is 4. The Morgan fingerprint density at radius 1 is 1.33 bits per heavy atom. The van der Waals surface area contributed by atoms with E-state index < -0.39 is 12.4 Å². The van der Waals surface area contributed by atoms with Gasteiger partial charge in [-0.05, 0) is 12.1 Å². The topological polar surface area (TPSA) is 64.1 Å². The molecule has 1 amide bonds. The van der Waals surface area contributed by atoms with E-state index in [0.717, 1.165) is 12.1 Å². The lowest BCUT2D eigenvalue weighted by molar-refractivity contribution is -0.115. The highest BCUT2D eigenvalue weighted by Crippen LogP contribution is 2.32. The number of fused-ring (bicyclic) bond motifs is 1. The van der Waals surface area contributed by atoms with Crippen LogP contribution in [0.1, 0.15) is 5.69 Å². The summed E-state index contributed by atoms with van der Waals surface area (Å²) in [5.41, 5.74) is 0.803. The molecular formula is C13H8F3N3O2. The molecule has 21 heavy (non-hydrogen) atoms. The van der Waals surface area contributed by atoms with E-state index in [1.807, 2.05) is 0 Å². The van der Waals surface area contributed by atoms with Gasteiger partial charge >= 0.3 is 6.61 Å². The summed E-state index contributed by atoms with van der Waals surface area (Å²) in [6.07, 6.45) is 1.36. The van der Waals surface area contributed by atoms with Crippen molar-refractivity contribution in [2.45, 2.75) is 13.0 Å². The van der Waals surface area contributed by atoms with E-state index in [4.69, 9.17) is 0 Å². The average molecular weight is 295 g/mol. The van der Waals surface area contributed by atoms with Gasteiger partial charge in [-0.25, -0.2) is 14.4 Å². The van der Waals surface area contributed by atoms with Gasteiger partial charge in [-0.1, -0.05) is 0 Å². The summed E-state index contributed by atoms with van der Waals surface area (Å²) in [5, 5.41) is 2.51. The number of alkyl halides is 2. The highest BCUT2D eigenvalue weighted by Gasteiger charge is 2.22. The van der Waals surface area contributed by atoms with Crippen LogP contribution in [-0.4, -0.2) is 22.5 Å². The lowest BCUT2D eigenvalue weighted by Gasteiger charge is -2.10. The first kappa shape index (κ1) is 13.3. The quantitative estimate of drug-likeness (QED) is 0.944. The summed E-state index contributed by atoms with van der Waals surface area (Å²) in [5.74, 6) is -0.954. The molecule has 1 aliphatic heterocycles. The Hall–Kier alpha value is -2.64. The summed E-state index contributed by atoms with van der Waals surface area (Å²) >= 11 is 0. The number of ether oxygens (including phenoxy) is 1. The fourth-order valence-electron chi connectivity index (χ4n) is 2.01. The van der Waals surface area contributed by atoms with E-state index in [9.17, 15) is 18.0 Å². The Morgan fingerprint density at radius 2 is 2.14 bits per heavy atom. The second-order valence-corrected chi connectivity index (χ2v) is 4.29. The fraction of sp³-hybridized carbons (Fsp3) is 0.154. The second-order valence-electron chi connectivity index (χ2n) is 4.29. The number of amides is 1. The number of nitrogens with one attached hydrogen (secondary N) is 1. The first-order valence-corrected chi connectivity index (χ1v) is 5.93. The van der Waals surface area contributed by atoms with Gasteiger partial charge in [-0.3, -0.25) is 4.79 Å². The Labute approximate surface area is 116 Å². The van der Waals surface area contributed by atoms with Gasteiger partial charge in [0.05, 0.1) is 24.0 Å². The third kappa shape index (κ3) is 2.64. The molecule has 0 unspecified atom stereocenters. The zero-order chi connectivity index (χ0) is 15.0. The van der Waals surface area contributed by atoms with E-state index >= 15 is 0 Å². The number of hydrogen-bond donors (Lipinski definition) is 1. The number of halogens is 3. The minimum atomic E-state index is -3.09. The van der Waals surface area contributed by atoms with Gasteiger partial charge in [-0.2, -0.15) is 8.78 Å². The van der Waals surface area contributed by atoms with Gasteiger partial charge in [-0.15, -0.1) is 0 Å². The van der Waals surface area contributed by atoms with E-state index in [1.165, 1.54) is 12.3 Å². The van der Waals surface area contributed by atoms with Crippen LogP contribution in [0.5, 0.6) is 5.75 Å². The number of carbonyl (C=O) groups is 1. The average Bonchev–Trinajstić information content (AvgIpc) is 2.77. The van der Waals surface area contributed by atoms with Crippen LogP contribution in [0, 0.1) is 5.82 Å². The molecule has 0 atom stereocenters. The standard InChI is InChI=1S/C13H8F3N3O2/c14-6-1-2-7(10(3-6)21-13(15)16)9-5-17-12-8(18-9)4-11(20)19-12/h1-3,5,13H,4H2,(H,17,19,20). The number of rotatable bonds is 3. The van der Waals surface area contributed by atoms with Gasteiger partial charge < -0.3 is 10.1 Å². The van der Waals surface area contributed by atoms with Crippen molar-refractivity contribution in [3.8, 4) is 17.0 Å². The van der Waals surface area contributed by atoms with Crippen LogP contribution in [0.2, 0.25) is 0 Å². The van der Waals surface area contributed by atoms with Gasteiger partial charge in [0.15, 0.2) is 5.82 Å². The second kappa shape index (κ2) is 5.04. The van der Waals surface area contributed by atoms with E-state index in [-0.39, 0.29) is 29.3 Å². The van der Waals surface area contributed by atoms with Crippen LogP contribution in [0.25, 0.3) is 11.3 Å². The molecule has 2 heterocycles. The third-order valence-electron chi connectivity index (χ3n) is 2.87. The molecule has 1 aliphatic rings. The van der Waals surface area contributed by atoms with Gasteiger partial charge in [0.25, 0.3) is 0 Å². The molecule has 1 aromatic heterocycles. The lowest BCUT2D eigenvalue weighted by atomic mass is 10.1. The van der Waals surface area contributed by atoms with Crippen molar-refractivity contribution in [3.05, 3.63) is 35.9 Å². The van der Waals surface area contributed by atoms with E-state index in [0.29, 0.717) is 11.5 Å². The van der Waals surface area contributed by atoms with Crippen molar-refractivity contribution in [3.63, 3.8) is 0 Å². The van der Waals surface area contributed by atoms with Crippen molar-refractivity contribution >= 4 is 11.7 Å². The molecule has 0 fully saturated rings. The van der Waals surface area contributed by atoms with Crippen molar-refractivity contribution in [2.75, 3.05) is 5.32 Å². The molecule has 0 spiro atoms. The maximum absolute atomic E-state index is 13.2. The van der Waals surface area contributed by atoms with Crippen molar-refractivity contribution in [2.24, 2.45) is 0 Å². The lowest BCUT2D eigenvalue weighted by Crippen LogP contribution is -2.04. The summed E-state index contributed by atoms with van der Waals surface area (Å²) in [6, 6.07) is 3.22. The minimum absolute atomic E-state index is 0.0579. The Balaban J connectivity index is 2.04.